The molecule has 45 heavy (non-hydrogen) atoms. The van der Waals surface area contributed by atoms with Crippen LogP contribution in [0.4, 0.5) is 0 Å². The van der Waals surface area contributed by atoms with Crippen LogP contribution in [0.2, 0.25) is 0 Å². The summed E-state index contributed by atoms with van der Waals surface area (Å²) in [5, 5.41) is 1.96. The Hall–Kier alpha value is -4.78. The molecule has 226 valence electrons. The molecule has 7 heteroatoms. The Morgan fingerprint density at radius 1 is 0.822 bits per heavy atom. The molecule has 4 aliphatic carbocycles. The highest BCUT2D eigenvalue weighted by molar-refractivity contribution is 6.11. The zero-order valence-electron chi connectivity index (χ0n) is 25.1. The lowest BCUT2D eigenvalue weighted by atomic mass is 9.50. The van der Waals surface area contributed by atoms with Gasteiger partial charge in [0, 0.05) is 35.3 Å². The van der Waals surface area contributed by atoms with Crippen molar-refractivity contribution in [2.75, 3.05) is 13.2 Å². The maximum atomic E-state index is 15.7. The third-order valence-electron chi connectivity index (χ3n) is 10.6. The average Bonchev–Trinajstić information content (AvgIpc) is 3.15. The van der Waals surface area contributed by atoms with E-state index < -0.39 is 46.6 Å². The summed E-state index contributed by atoms with van der Waals surface area (Å²) < 4.78 is 18.0. The third kappa shape index (κ3) is 3.41. The van der Waals surface area contributed by atoms with E-state index in [1.807, 2.05) is 84.9 Å². The Balaban J connectivity index is 1.50. The Morgan fingerprint density at radius 2 is 1.47 bits per heavy atom. The van der Waals surface area contributed by atoms with Gasteiger partial charge in [-0.25, -0.2) is 0 Å². The van der Waals surface area contributed by atoms with Crippen molar-refractivity contribution in [3.8, 4) is 5.75 Å². The topological polar surface area (TPSA) is 96.0 Å². The van der Waals surface area contributed by atoms with Gasteiger partial charge in [-0.2, -0.15) is 0 Å². The van der Waals surface area contributed by atoms with E-state index in [0.717, 1.165) is 21.9 Å². The molecule has 0 aromatic heterocycles. The van der Waals surface area contributed by atoms with Crippen LogP contribution < -0.4 is 4.74 Å². The lowest BCUT2D eigenvalue weighted by Crippen LogP contribution is -2.66. The molecule has 1 heterocycles. The molecule has 4 bridgehead atoms. The van der Waals surface area contributed by atoms with E-state index in [2.05, 4.69) is 0 Å². The highest BCUT2D eigenvalue weighted by Gasteiger charge is 2.76. The number of rotatable bonds is 5. The van der Waals surface area contributed by atoms with Gasteiger partial charge in [-0.05, 0) is 53.8 Å². The van der Waals surface area contributed by atoms with Gasteiger partial charge >= 0.3 is 11.9 Å². The van der Waals surface area contributed by atoms with Crippen LogP contribution in [0.5, 0.6) is 5.75 Å². The van der Waals surface area contributed by atoms with Gasteiger partial charge in [0.15, 0.2) is 17.5 Å². The molecular weight excluding hydrogens is 568 g/mol. The van der Waals surface area contributed by atoms with Crippen molar-refractivity contribution in [2.45, 2.75) is 49.5 Å². The molecule has 0 unspecified atom stereocenters. The SMILES string of the molecule is CCOC(=O)C(C(=O)OCC)[C@@H]1c2ccccc2[C@@]23Cc4c(ccc5ccccc45)O[C@@]24C(=O)C[C@H](c2ccccc24)[C@@H]1C3=O. The first kappa shape index (κ1) is 27.7. The number of fused-ring (bicyclic) bond motifs is 5. The lowest BCUT2D eigenvalue weighted by Gasteiger charge is -2.54. The number of carbonyl (C=O) groups excluding carboxylic acids is 4. The Morgan fingerprint density at radius 3 is 2.20 bits per heavy atom. The summed E-state index contributed by atoms with van der Waals surface area (Å²) in [4.78, 5) is 58.0. The number of esters is 2. The minimum atomic E-state index is -1.62. The number of hydrogen-bond donors (Lipinski definition) is 0. The molecular formula is C38H32O7. The van der Waals surface area contributed by atoms with E-state index in [4.69, 9.17) is 14.2 Å². The normalized spacial score (nSPS) is 27.0. The molecule has 0 N–H and O–H groups in total. The van der Waals surface area contributed by atoms with Crippen LogP contribution in [0.1, 0.15) is 59.9 Å². The molecule has 9 rings (SSSR count). The Kier molecular flexibility index (Phi) is 6.08. The molecule has 0 saturated heterocycles. The van der Waals surface area contributed by atoms with Gasteiger partial charge in [0.05, 0.1) is 13.2 Å². The van der Waals surface area contributed by atoms with E-state index >= 15 is 4.79 Å². The predicted octanol–water partition coefficient (Wildman–Crippen LogP) is 5.70. The van der Waals surface area contributed by atoms with Gasteiger partial charge in [-0.3, -0.25) is 19.2 Å². The summed E-state index contributed by atoms with van der Waals surface area (Å²) in [7, 11) is 0. The van der Waals surface area contributed by atoms with Crippen molar-refractivity contribution >= 4 is 34.3 Å². The fourth-order valence-electron chi connectivity index (χ4n) is 9.05. The largest absolute Gasteiger partial charge is 0.473 e. The molecule has 5 atom stereocenters. The quantitative estimate of drug-likeness (QED) is 0.214. The van der Waals surface area contributed by atoms with Gasteiger partial charge in [0.1, 0.15) is 11.2 Å². The van der Waals surface area contributed by atoms with Crippen molar-refractivity contribution in [3.05, 3.63) is 113 Å². The van der Waals surface area contributed by atoms with Crippen LogP contribution in [0, 0.1) is 11.8 Å². The number of Topliss-reactive ketones (excluding diaryl/α,β-unsaturated/α-hetero) is 2. The van der Waals surface area contributed by atoms with Crippen molar-refractivity contribution < 1.29 is 33.4 Å². The maximum absolute atomic E-state index is 15.7. The van der Waals surface area contributed by atoms with Gasteiger partial charge in [-0.15, -0.1) is 0 Å². The summed E-state index contributed by atoms with van der Waals surface area (Å²) in [5.74, 6) is -4.96. The second-order valence-electron chi connectivity index (χ2n) is 12.4. The number of ether oxygens (including phenoxy) is 3. The first-order chi connectivity index (χ1) is 21.9. The van der Waals surface area contributed by atoms with E-state index in [0.29, 0.717) is 22.4 Å². The first-order valence-electron chi connectivity index (χ1n) is 15.7. The maximum Gasteiger partial charge on any atom is 0.320 e. The minimum absolute atomic E-state index is 0.0426. The predicted molar refractivity (Wildman–Crippen MR) is 165 cm³/mol. The molecule has 5 aliphatic rings. The highest BCUT2D eigenvalue weighted by atomic mass is 16.6. The molecule has 4 aromatic carbocycles. The summed E-state index contributed by atoms with van der Waals surface area (Å²) >= 11 is 0. The van der Waals surface area contributed by atoms with E-state index in [1.165, 1.54) is 0 Å². The molecule has 1 aliphatic heterocycles. The van der Waals surface area contributed by atoms with Crippen molar-refractivity contribution in [1.29, 1.82) is 0 Å². The lowest BCUT2D eigenvalue weighted by molar-refractivity contribution is -0.165. The van der Waals surface area contributed by atoms with Crippen molar-refractivity contribution in [2.24, 2.45) is 11.8 Å². The number of hydrogen-bond acceptors (Lipinski definition) is 7. The molecule has 2 spiro atoms. The Bertz CT molecular complexity index is 1930. The number of ketones is 2. The second kappa shape index (κ2) is 9.86. The van der Waals surface area contributed by atoms with Gasteiger partial charge < -0.3 is 14.2 Å². The first-order valence-corrected chi connectivity index (χ1v) is 15.7. The standard InChI is InChI=1S/C38H32O7/c1-3-43-35(41)33(36(42)44-4-2)31-24-14-8-9-15-27(24)37-20-26-22-12-6-5-11-21(22)17-18-29(26)45-38(37)28-16-10-7-13-23(28)25(19-30(38)39)32(31)34(37)40/h5-18,25,31-33H,3-4,19-20H2,1-2H3/t25-,31-,32+,37-,38+/m1/s1. The Labute approximate surface area is 260 Å². The van der Waals surface area contributed by atoms with E-state index in [1.54, 1.807) is 13.8 Å². The fourth-order valence-corrected chi connectivity index (χ4v) is 9.05. The monoisotopic (exact) mass is 600 g/mol. The molecule has 1 saturated carbocycles. The van der Waals surface area contributed by atoms with Crippen LogP contribution in [-0.4, -0.2) is 36.7 Å². The van der Waals surface area contributed by atoms with Crippen LogP contribution >= 0.6 is 0 Å². The summed E-state index contributed by atoms with van der Waals surface area (Å²) in [6.45, 7) is 3.50. The zero-order chi connectivity index (χ0) is 31.1. The summed E-state index contributed by atoms with van der Waals surface area (Å²) in [5.41, 5.74) is 0.615. The molecule has 0 amide bonds. The molecule has 1 fully saturated rings. The van der Waals surface area contributed by atoms with Crippen LogP contribution in [0.3, 0.4) is 0 Å². The van der Waals surface area contributed by atoms with Crippen molar-refractivity contribution in [1.82, 2.24) is 0 Å². The van der Waals surface area contributed by atoms with Gasteiger partial charge in [0.25, 0.3) is 0 Å². The van der Waals surface area contributed by atoms with Crippen molar-refractivity contribution in [3.63, 3.8) is 0 Å². The average molecular weight is 601 g/mol. The molecule has 7 nitrogen and oxygen atoms in total. The summed E-state index contributed by atoms with van der Waals surface area (Å²) in [6, 6.07) is 27.0. The van der Waals surface area contributed by atoms with Gasteiger partial charge in [-0.1, -0.05) is 78.9 Å². The number of carbonyl (C=O) groups is 4. The second-order valence-corrected chi connectivity index (χ2v) is 12.4. The van der Waals surface area contributed by atoms with Crippen LogP contribution in [-0.2, 0) is 46.1 Å². The zero-order valence-corrected chi connectivity index (χ0v) is 25.1. The smallest absolute Gasteiger partial charge is 0.320 e. The van der Waals surface area contributed by atoms with Crippen LogP contribution in [0.25, 0.3) is 10.8 Å². The summed E-state index contributed by atoms with van der Waals surface area (Å²) in [6.07, 6.45) is 0.278. The van der Waals surface area contributed by atoms with Crippen LogP contribution in [0.15, 0.2) is 84.9 Å². The fraction of sp³-hybridized carbons (Fsp3) is 0.316. The highest BCUT2D eigenvalue weighted by Crippen LogP contribution is 2.68. The number of benzene rings is 4. The molecule has 4 aromatic rings. The minimum Gasteiger partial charge on any atom is -0.473 e. The van der Waals surface area contributed by atoms with E-state index in [9.17, 15) is 14.4 Å². The molecule has 0 radical (unpaired) electrons. The third-order valence-corrected chi connectivity index (χ3v) is 10.6. The van der Waals surface area contributed by atoms with Gasteiger partial charge in [0.2, 0.25) is 5.60 Å². The van der Waals surface area contributed by atoms with E-state index in [-0.39, 0.29) is 37.6 Å².